The van der Waals surface area contributed by atoms with Crippen LogP contribution in [0.2, 0.25) is 52.4 Å². The summed E-state index contributed by atoms with van der Waals surface area (Å²) in [4.78, 5) is 0. The molecule has 73 heavy (non-hydrogen) atoms. The molecule has 0 saturated carbocycles. The normalized spacial score (nSPS) is 16.4. The molecule has 0 fully saturated rings. The van der Waals surface area contributed by atoms with Crippen LogP contribution in [-0.2, 0) is 10.8 Å². The van der Waals surface area contributed by atoms with Crippen molar-refractivity contribution in [3.8, 4) is 45.3 Å². The summed E-state index contributed by atoms with van der Waals surface area (Å²) in [5.41, 5.74) is 6.63. The van der Waals surface area contributed by atoms with Gasteiger partial charge in [0.05, 0.1) is 0 Å². The molecule has 0 bridgehead atoms. The van der Waals surface area contributed by atoms with E-state index in [0.29, 0.717) is 0 Å². The highest BCUT2D eigenvalue weighted by Gasteiger charge is 2.46. The molecule has 2 heterocycles. The fraction of sp³-hybridized carbons (Fsp3) is 0.250. The van der Waals surface area contributed by atoms with Gasteiger partial charge in [-0.25, -0.2) is 0 Å². The Balaban J connectivity index is 1.27. The van der Waals surface area contributed by atoms with Gasteiger partial charge in [-0.2, -0.15) is 0 Å². The number of fused-ring (bicyclic) bond motifs is 4. The predicted molar refractivity (Wildman–Crippen MR) is 322 cm³/mol. The van der Waals surface area contributed by atoms with E-state index in [2.05, 4.69) is 276 Å². The summed E-state index contributed by atoms with van der Waals surface area (Å²) in [5.74, 6) is 3.36. The van der Waals surface area contributed by atoms with E-state index in [1.807, 2.05) is 0 Å². The summed E-state index contributed by atoms with van der Waals surface area (Å²) in [6.45, 7) is 32.7. The zero-order valence-corrected chi connectivity index (χ0v) is 50.5. The molecule has 8 aromatic rings. The maximum atomic E-state index is 7.53. The van der Waals surface area contributed by atoms with Crippen molar-refractivity contribution in [3.63, 3.8) is 0 Å². The molecule has 0 saturated heterocycles. The van der Waals surface area contributed by atoms with Crippen LogP contribution in [0.25, 0.3) is 22.3 Å². The SMILES string of the molecule is CC(C)(C)c1ccc([Si](c2ccccc2)(c2ccccc2)c2ccc(C(C)(C)C)c(-c3cccc4c3O[Si](C)(C)c3ccccc3[Si](C)(C)O4)c2)cc1-c1cccc2c1O[Si](C)(C)c1ccccc1[Si](C)(C)O2. The second-order valence-corrected chi connectivity index (χ2v) is 43.2. The Morgan fingerprint density at radius 2 is 0.616 bits per heavy atom. The van der Waals surface area contributed by atoms with Gasteiger partial charge in [-0.3, -0.25) is 0 Å². The van der Waals surface area contributed by atoms with Gasteiger partial charge in [-0.1, -0.05) is 211 Å². The lowest BCUT2D eigenvalue weighted by molar-refractivity contribution is 0.492. The molecule has 9 heteroatoms. The third-order valence-corrected chi connectivity index (χ3v) is 30.4. The summed E-state index contributed by atoms with van der Waals surface area (Å²) >= 11 is 0. The van der Waals surface area contributed by atoms with Crippen LogP contribution >= 0.6 is 0 Å². The van der Waals surface area contributed by atoms with Gasteiger partial charge in [0, 0.05) is 11.1 Å². The van der Waals surface area contributed by atoms with E-state index in [1.165, 1.54) is 63.7 Å². The summed E-state index contributed by atoms with van der Waals surface area (Å²) < 4.78 is 29.6. The van der Waals surface area contributed by atoms with Crippen LogP contribution in [-0.4, -0.2) is 41.3 Å². The van der Waals surface area contributed by atoms with Gasteiger partial charge >= 0.3 is 0 Å². The molecule has 0 amide bonds. The second kappa shape index (κ2) is 18.2. The second-order valence-electron chi connectivity index (χ2n) is 24.3. The van der Waals surface area contributed by atoms with Gasteiger partial charge in [-0.15, -0.1) is 0 Å². The molecule has 0 aliphatic carbocycles. The molecule has 0 spiro atoms. The van der Waals surface area contributed by atoms with E-state index in [-0.39, 0.29) is 10.8 Å². The number of para-hydroxylation sites is 2. The van der Waals surface area contributed by atoms with Gasteiger partial charge in [0.25, 0.3) is 33.3 Å². The monoisotopic (exact) mass is 1040 g/mol. The van der Waals surface area contributed by atoms with Gasteiger partial charge in [0.15, 0.2) is 19.6 Å². The number of hydrogen-bond donors (Lipinski definition) is 0. The Morgan fingerprint density at radius 1 is 0.301 bits per heavy atom. The maximum absolute atomic E-state index is 7.53. The molecule has 8 aromatic carbocycles. The molecule has 372 valence electrons. The van der Waals surface area contributed by atoms with Crippen LogP contribution < -0.4 is 59.2 Å². The van der Waals surface area contributed by atoms with E-state index in [1.54, 1.807) is 0 Å². The zero-order valence-electron chi connectivity index (χ0n) is 45.5. The van der Waals surface area contributed by atoms with E-state index < -0.39 is 41.3 Å². The Hall–Kier alpha value is -5.96. The minimum Gasteiger partial charge on any atom is -0.537 e. The zero-order chi connectivity index (χ0) is 51.9. The van der Waals surface area contributed by atoms with Gasteiger partial charge in [0.2, 0.25) is 0 Å². The lowest BCUT2D eigenvalue weighted by Gasteiger charge is -2.39. The highest BCUT2D eigenvalue weighted by atomic mass is 28.4. The van der Waals surface area contributed by atoms with Crippen molar-refractivity contribution in [2.45, 2.75) is 105 Å². The summed E-state index contributed by atoms with van der Waals surface area (Å²) in [6, 6.07) is 68.4. The van der Waals surface area contributed by atoms with Crippen LogP contribution in [0.15, 0.2) is 182 Å². The maximum Gasteiger partial charge on any atom is 0.277 e. The fourth-order valence-electron chi connectivity index (χ4n) is 11.9. The highest BCUT2D eigenvalue weighted by molar-refractivity contribution is 7.20. The van der Waals surface area contributed by atoms with Crippen molar-refractivity contribution in [3.05, 3.63) is 193 Å². The highest BCUT2D eigenvalue weighted by Crippen LogP contribution is 2.47. The lowest BCUT2D eigenvalue weighted by Crippen LogP contribution is -2.74. The van der Waals surface area contributed by atoms with Crippen LogP contribution in [0, 0.1) is 0 Å². The minimum atomic E-state index is -3.21. The van der Waals surface area contributed by atoms with E-state index in [4.69, 9.17) is 17.7 Å². The van der Waals surface area contributed by atoms with Crippen LogP contribution in [0.4, 0.5) is 0 Å². The number of rotatable bonds is 6. The molecule has 0 N–H and O–H groups in total. The van der Waals surface area contributed by atoms with Crippen molar-refractivity contribution in [2.24, 2.45) is 0 Å². The average Bonchev–Trinajstić information content (AvgIpc) is 3.34. The topological polar surface area (TPSA) is 36.9 Å². The number of hydrogen-bond acceptors (Lipinski definition) is 4. The summed E-state index contributed by atoms with van der Waals surface area (Å²) in [5, 5.41) is 10.5. The van der Waals surface area contributed by atoms with Gasteiger partial charge in [0.1, 0.15) is 11.5 Å². The molecule has 0 atom stereocenters. The first-order valence-electron chi connectivity index (χ1n) is 26.1. The molecule has 2 aliphatic heterocycles. The first kappa shape index (κ1) is 50.6. The Bertz CT molecular complexity index is 3160. The van der Waals surface area contributed by atoms with Crippen LogP contribution in [0.3, 0.4) is 0 Å². The molecule has 0 radical (unpaired) electrons. The molecule has 0 aromatic heterocycles. The average molecular weight is 1050 g/mol. The van der Waals surface area contributed by atoms with Crippen molar-refractivity contribution >= 4 is 82.8 Å². The minimum absolute atomic E-state index is 0.195. The lowest BCUT2D eigenvalue weighted by atomic mass is 9.81. The Kier molecular flexibility index (Phi) is 12.6. The Labute approximate surface area is 441 Å². The third-order valence-electron chi connectivity index (χ3n) is 15.4. The quantitative estimate of drug-likeness (QED) is 0.123. The smallest absolute Gasteiger partial charge is 0.277 e. The van der Waals surface area contributed by atoms with Crippen molar-refractivity contribution in [1.82, 2.24) is 0 Å². The molecule has 0 unspecified atom stereocenters. The summed E-state index contributed by atoms with van der Waals surface area (Å²) in [6.07, 6.45) is 0. The molecular formula is C64H72O4Si5. The largest absolute Gasteiger partial charge is 0.537 e. The first-order valence-corrected chi connectivity index (χ1v) is 39.7. The van der Waals surface area contributed by atoms with E-state index in [9.17, 15) is 0 Å². The van der Waals surface area contributed by atoms with Crippen molar-refractivity contribution in [1.29, 1.82) is 0 Å². The standard InChI is InChI=1S/C64H72O4Si5/c1-63(2,3)53-41-39-47(43-51(53)49-31-25-33-55-61(49)67-71(11,12)59-37-23-21-35-57(59)69(7,8)65-55)73(45-27-17-15-18-28-45,46-29-19-16-20-30-46)48-40-42-54(64(4,5)6)52(44-48)50-32-26-34-56-62(50)68-72(13,14)60-38-24-22-36-58(60)70(9,10)66-56/h15-44H,1-14H3. The third kappa shape index (κ3) is 8.94. The molecular weight excluding hydrogens is 973 g/mol. The van der Waals surface area contributed by atoms with E-state index >= 15 is 0 Å². The first-order chi connectivity index (χ1) is 34.4. The van der Waals surface area contributed by atoms with Crippen LogP contribution in [0.1, 0.15) is 52.7 Å². The van der Waals surface area contributed by atoms with Gasteiger partial charge in [-0.05, 0) is 139 Å². The molecule has 2 aliphatic rings. The van der Waals surface area contributed by atoms with Crippen molar-refractivity contribution < 1.29 is 17.7 Å². The fourth-order valence-corrected chi connectivity index (χ4v) is 28.5. The predicted octanol–water partition coefficient (Wildman–Crippen LogP) is 11.6. The summed E-state index contributed by atoms with van der Waals surface area (Å²) in [7, 11) is -13.1. The van der Waals surface area contributed by atoms with Crippen molar-refractivity contribution in [2.75, 3.05) is 0 Å². The number of benzene rings is 8. The van der Waals surface area contributed by atoms with Gasteiger partial charge < -0.3 is 17.7 Å². The van der Waals surface area contributed by atoms with Crippen LogP contribution in [0.5, 0.6) is 23.0 Å². The molecule has 10 rings (SSSR count). The Morgan fingerprint density at radius 3 is 0.945 bits per heavy atom. The van der Waals surface area contributed by atoms with E-state index in [0.717, 1.165) is 34.1 Å². The molecule has 4 nitrogen and oxygen atoms in total.